The molecule has 0 spiro atoms. The number of ether oxygens (including phenoxy) is 1. The second kappa shape index (κ2) is 8.35. The number of carbonyl (C=O) groups is 1. The lowest BCUT2D eigenvalue weighted by Crippen LogP contribution is -2.38. The fourth-order valence-corrected chi connectivity index (χ4v) is 4.76. The predicted octanol–water partition coefficient (Wildman–Crippen LogP) is 2.50. The average Bonchev–Trinajstić information content (AvgIpc) is 3.13. The highest BCUT2D eigenvalue weighted by Crippen LogP contribution is 2.36. The van der Waals surface area contributed by atoms with Gasteiger partial charge in [-0.3, -0.25) is 14.9 Å². The Kier molecular flexibility index (Phi) is 6.63. The van der Waals surface area contributed by atoms with Crippen molar-refractivity contribution in [1.82, 2.24) is 10.1 Å². The van der Waals surface area contributed by atoms with Crippen LogP contribution in [0.1, 0.15) is 32.6 Å². The lowest BCUT2D eigenvalue weighted by Gasteiger charge is -2.17. The summed E-state index contributed by atoms with van der Waals surface area (Å²) in [7, 11) is -3.59. The first-order valence-electron chi connectivity index (χ1n) is 8.33. The van der Waals surface area contributed by atoms with Crippen molar-refractivity contribution in [2.45, 2.75) is 40.2 Å². The van der Waals surface area contributed by atoms with Crippen LogP contribution in [0.25, 0.3) is 11.5 Å². The number of carbonyl (C=O) groups excluding carboxylic acids is 1. The van der Waals surface area contributed by atoms with E-state index in [0.29, 0.717) is 22.5 Å². The molecule has 2 aromatic rings. The first-order chi connectivity index (χ1) is 12.1. The van der Waals surface area contributed by atoms with E-state index in [0.717, 1.165) is 11.3 Å². The first kappa shape index (κ1) is 20.6. The Balaban J connectivity index is 2.24. The third-order valence-corrected chi connectivity index (χ3v) is 6.06. The zero-order chi connectivity index (χ0) is 19.5. The van der Waals surface area contributed by atoms with Gasteiger partial charge in [0.2, 0.25) is 0 Å². The molecule has 5 N–H and O–H groups in total. The molecule has 0 bridgehead atoms. The number of anilines is 1. The standard InChI is InChI=1S/C16H25N4O4PS/c1-5-23-15(21)10(4)20-25(18,22)13-7-6-11(24-13)14-12(8-9(2)3)26-16(17)19-14/h6-7,9-10H,5,8H2,1-4H3,(H2,17,19)(H3,18,20,22)/t10-,25?/m0/s1. The summed E-state index contributed by atoms with van der Waals surface area (Å²) in [6.07, 6.45) is 0.804. The van der Waals surface area contributed by atoms with Gasteiger partial charge in [-0.2, -0.15) is 0 Å². The fraction of sp³-hybridized carbons (Fsp3) is 0.500. The number of nitrogens with one attached hydrogen (secondary N) is 1. The Bertz CT molecular complexity index is 817. The van der Waals surface area contributed by atoms with E-state index < -0.39 is 19.5 Å². The van der Waals surface area contributed by atoms with E-state index in [2.05, 4.69) is 23.9 Å². The van der Waals surface area contributed by atoms with Gasteiger partial charge in [0.15, 0.2) is 16.4 Å². The molecular weight excluding hydrogens is 375 g/mol. The second-order valence-electron chi connectivity index (χ2n) is 6.32. The molecule has 0 radical (unpaired) electrons. The zero-order valence-corrected chi connectivity index (χ0v) is 17.0. The van der Waals surface area contributed by atoms with Crippen molar-refractivity contribution in [3.8, 4) is 11.5 Å². The largest absolute Gasteiger partial charge is 0.465 e. The Morgan fingerprint density at radius 2 is 2.12 bits per heavy atom. The number of thiazole rings is 1. The molecule has 26 heavy (non-hydrogen) atoms. The summed E-state index contributed by atoms with van der Waals surface area (Å²) in [6.45, 7) is 7.65. The lowest BCUT2D eigenvalue weighted by molar-refractivity contribution is -0.144. The van der Waals surface area contributed by atoms with Gasteiger partial charge in [0, 0.05) is 4.88 Å². The van der Waals surface area contributed by atoms with Gasteiger partial charge < -0.3 is 14.9 Å². The molecule has 0 fully saturated rings. The number of furan rings is 1. The Morgan fingerprint density at radius 1 is 1.42 bits per heavy atom. The van der Waals surface area contributed by atoms with Crippen LogP contribution in [0.15, 0.2) is 16.5 Å². The number of nitrogen functional groups attached to an aromatic ring is 1. The van der Waals surface area contributed by atoms with Crippen LogP contribution in [0.4, 0.5) is 5.13 Å². The summed E-state index contributed by atoms with van der Waals surface area (Å²) in [5, 5.41) is 3.04. The van der Waals surface area contributed by atoms with Crippen molar-refractivity contribution >= 4 is 35.4 Å². The van der Waals surface area contributed by atoms with E-state index in [4.69, 9.17) is 20.4 Å². The highest BCUT2D eigenvalue weighted by atomic mass is 32.1. The van der Waals surface area contributed by atoms with Crippen LogP contribution in [-0.4, -0.2) is 23.6 Å². The summed E-state index contributed by atoms with van der Waals surface area (Å²) < 4.78 is 23.4. The minimum atomic E-state index is -3.59. The molecule has 2 heterocycles. The average molecular weight is 400 g/mol. The number of aromatic nitrogens is 1. The molecule has 8 nitrogen and oxygen atoms in total. The monoisotopic (exact) mass is 400 g/mol. The van der Waals surface area contributed by atoms with Gasteiger partial charge in [-0.25, -0.2) is 10.1 Å². The summed E-state index contributed by atoms with van der Waals surface area (Å²) in [5.41, 5.74) is 12.4. The maximum absolute atomic E-state index is 12.8. The number of esters is 1. The topological polar surface area (TPSA) is 133 Å². The molecule has 2 aromatic heterocycles. The SMILES string of the molecule is CCOC(=O)[C@H](C)NP(N)(=O)c1ccc(-c2nc(N)sc2CC(C)C)o1. The highest BCUT2D eigenvalue weighted by Gasteiger charge is 2.29. The van der Waals surface area contributed by atoms with E-state index in [-0.39, 0.29) is 12.1 Å². The molecule has 0 aromatic carbocycles. The predicted molar refractivity (Wildman–Crippen MR) is 103 cm³/mol. The van der Waals surface area contributed by atoms with Crippen LogP contribution in [0.3, 0.4) is 0 Å². The van der Waals surface area contributed by atoms with Crippen LogP contribution in [0.2, 0.25) is 0 Å². The van der Waals surface area contributed by atoms with Crippen LogP contribution >= 0.6 is 18.8 Å². The van der Waals surface area contributed by atoms with E-state index in [1.165, 1.54) is 24.3 Å². The Labute approximate surface area is 156 Å². The third kappa shape index (κ3) is 4.94. The Hall–Kier alpha value is -1.67. The van der Waals surface area contributed by atoms with Gasteiger partial charge in [0.1, 0.15) is 11.7 Å². The maximum atomic E-state index is 12.8. The lowest BCUT2D eigenvalue weighted by atomic mass is 10.1. The quantitative estimate of drug-likeness (QED) is 0.455. The summed E-state index contributed by atoms with van der Waals surface area (Å²) in [5.74, 6) is 0.340. The van der Waals surface area contributed by atoms with Crippen molar-refractivity contribution in [2.75, 3.05) is 12.3 Å². The Morgan fingerprint density at radius 3 is 2.73 bits per heavy atom. The van der Waals surface area contributed by atoms with Crippen LogP contribution in [0, 0.1) is 5.92 Å². The molecule has 144 valence electrons. The van der Waals surface area contributed by atoms with Gasteiger partial charge in [0.05, 0.1) is 6.61 Å². The molecule has 0 aliphatic heterocycles. The van der Waals surface area contributed by atoms with Crippen LogP contribution in [0.5, 0.6) is 0 Å². The minimum absolute atomic E-state index is 0.0608. The fourth-order valence-electron chi connectivity index (χ4n) is 2.38. The van der Waals surface area contributed by atoms with Gasteiger partial charge in [0.25, 0.3) is 7.44 Å². The van der Waals surface area contributed by atoms with Crippen molar-refractivity contribution in [3.63, 3.8) is 0 Å². The van der Waals surface area contributed by atoms with E-state index in [9.17, 15) is 9.36 Å². The second-order valence-corrected chi connectivity index (χ2v) is 9.45. The van der Waals surface area contributed by atoms with E-state index >= 15 is 0 Å². The number of nitrogens with two attached hydrogens (primary N) is 2. The number of hydrogen-bond donors (Lipinski definition) is 3. The highest BCUT2D eigenvalue weighted by molar-refractivity contribution is 7.67. The number of hydrogen-bond acceptors (Lipinski definition) is 7. The molecule has 10 heteroatoms. The summed E-state index contributed by atoms with van der Waals surface area (Å²) >= 11 is 1.40. The van der Waals surface area contributed by atoms with Crippen molar-refractivity contribution in [1.29, 1.82) is 0 Å². The molecule has 0 aliphatic rings. The van der Waals surface area contributed by atoms with Crippen molar-refractivity contribution in [2.24, 2.45) is 11.4 Å². The van der Waals surface area contributed by atoms with Gasteiger partial charge in [-0.05, 0) is 38.3 Å². The molecule has 2 atom stereocenters. The van der Waals surface area contributed by atoms with Crippen molar-refractivity contribution in [3.05, 3.63) is 17.0 Å². The maximum Gasteiger partial charge on any atom is 0.323 e. The van der Waals surface area contributed by atoms with Crippen LogP contribution in [-0.2, 0) is 20.5 Å². The van der Waals surface area contributed by atoms with Crippen molar-refractivity contribution < 1.29 is 18.5 Å². The van der Waals surface area contributed by atoms with Gasteiger partial charge in [-0.1, -0.05) is 13.8 Å². The molecule has 0 amide bonds. The number of nitrogens with zero attached hydrogens (tertiary/aromatic N) is 1. The third-order valence-electron chi connectivity index (χ3n) is 3.49. The smallest absolute Gasteiger partial charge is 0.323 e. The summed E-state index contributed by atoms with van der Waals surface area (Å²) in [4.78, 5) is 17.0. The molecule has 0 aliphatic carbocycles. The zero-order valence-electron chi connectivity index (χ0n) is 15.3. The van der Waals surface area contributed by atoms with Crippen LogP contribution < -0.4 is 21.8 Å². The summed E-state index contributed by atoms with van der Waals surface area (Å²) in [6, 6.07) is 2.35. The van der Waals surface area contributed by atoms with E-state index in [1.807, 2.05) is 0 Å². The van der Waals surface area contributed by atoms with Gasteiger partial charge in [-0.15, -0.1) is 11.3 Å². The first-order valence-corrected chi connectivity index (χ1v) is 10.9. The van der Waals surface area contributed by atoms with E-state index in [1.54, 1.807) is 13.0 Å². The molecule has 1 unspecified atom stereocenters. The molecular formula is C16H25N4O4PS. The molecule has 0 saturated heterocycles. The molecule has 0 saturated carbocycles. The number of rotatable bonds is 8. The van der Waals surface area contributed by atoms with Gasteiger partial charge >= 0.3 is 5.97 Å². The normalized spacial score (nSPS) is 15.0. The minimum Gasteiger partial charge on any atom is -0.465 e. The molecule has 2 rings (SSSR count).